The van der Waals surface area contributed by atoms with Crippen molar-refractivity contribution >= 4 is 11.6 Å². The monoisotopic (exact) mass is 221 g/mol. The first-order chi connectivity index (χ1) is 7.66. The van der Waals surface area contributed by atoms with Crippen molar-refractivity contribution in [3.8, 4) is 0 Å². The molecule has 1 aliphatic heterocycles. The first-order valence-electron chi connectivity index (χ1n) is 5.40. The second-order valence-electron chi connectivity index (χ2n) is 4.02. The summed E-state index contributed by atoms with van der Waals surface area (Å²) in [5.74, 6) is -0.00907. The minimum Gasteiger partial charge on any atom is -0.398 e. The fraction of sp³-hybridized carbons (Fsp3) is 0.455. The maximum absolute atomic E-state index is 11.8. The highest BCUT2D eigenvalue weighted by Gasteiger charge is 2.18. The largest absolute Gasteiger partial charge is 0.398 e. The van der Waals surface area contributed by atoms with Gasteiger partial charge < -0.3 is 15.2 Å². The van der Waals surface area contributed by atoms with E-state index in [9.17, 15) is 9.59 Å². The molecule has 5 nitrogen and oxygen atoms in total. The van der Waals surface area contributed by atoms with Crippen LogP contribution in [0, 0.1) is 0 Å². The van der Waals surface area contributed by atoms with E-state index in [1.165, 1.54) is 16.8 Å². The van der Waals surface area contributed by atoms with Gasteiger partial charge in [-0.2, -0.15) is 0 Å². The third-order valence-electron chi connectivity index (χ3n) is 2.77. The van der Waals surface area contributed by atoms with Gasteiger partial charge in [-0.3, -0.25) is 9.59 Å². The number of anilines is 1. The Labute approximate surface area is 93.5 Å². The molecule has 1 aliphatic rings. The molecule has 1 fully saturated rings. The number of carbonyl (C=O) groups is 1. The molecule has 5 heteroatoms. The molecule has 86 valence electrons. The van der Waals surface area contributed by atoms with E-state index >= 15 is 0 Å². The highest BCUT2D eigenvalue weighted by Crippen LogP contribution is 2.08. The van der Waals surface area contributed by atoms with Gasteiger partial charge in [0.25, 0.3) is 5.56 Å². The van der Waals surface area contributed by atoms with Crippen LogP contribution in [0.2, 0.25) is 0 Å². The zero-order valence-electron chi connectivity index (χ0n) is 9.06. The Morgan fingerprint density at radius 2 is 2.00 bits per heavy atom. The van der Waals surface area contributed by atoms with Crippen molar-refractivity contribution < 1.29 is 4.79 Å². The van der Waals surface area contributed by atoms with E-state index in [1.54, 1.807) is 11.0 Å². The Bertz CT molecular complexity index is 447. The van der Waals surface area contributed by atoms with E-state index in [0.29, 0.717) is 5.69 Å². The van der Waals surface area contributed by atoms with Gasteiger partial charge in [-0.1, -0.05) is 0 Å². The van der Waals surface area contributed by atoms with Crippen LogP contribution in [0.4, 0.5) is 5.69 Å². The zero-order chi connectivity index (χ0) is 11.5. The molecule has 0 saturated carbocycles. The number of pyridine rings is 1. The van der Waals surface area contributed by atoms with Crippen LogP contribution in [0.5, 0.6) is 0 Å². The van der Waals surface area contributed by atoms with Crippen molar-refractivity contribution in [3.05, 3.63) is 28.7 Å². The average Bonchev–Trinajstić information content (AvgIpc) is 2.76. The highest BCUT2D eigenvalue weighted by atomic mass is 16.2. The van der Waals surface area contributed by atoms with Crippen molar-refractivity contribution in [1.29, 1.82) is 0 Å². The summed E-state index contributed by atoms with van der Waals surface area (Å²) in [6, 6.07) is 2.92. The molecule has 1 amide bonds. The van der Waals surface area contributed by atoms with Gasteiger partial charge in [0.2, 0.25) is 5.91 Å². The first kappa shape index (κ1) is 10.7. The lowest BCUT2D eigenvalue weighted by molar-refractivity contribution is -0.130. The number of nitrogens with two attached hydrogens (primary N) is 1. The number of hydrogen-bond donors (Lipinski definition) is 1. The van der Waals surface area contributed by atoms with E-state index in [-0.39, 0.29) is 18.0 Å². The number of aromatic nitrogens is 1. The maximum atomic E-state index is 11.8. The summed E-state index contributed by atoms with van der Waals surface area (Å²) in [5.41, 5.74) is 5.87. The summed E-state index contributed by atoms with van der Waals surface area (Å²) >= 11 is 0. The smallest absolute Gasteiger partial charge is 0.251 e. The highest BCUT2D eigenvalue weighted by molar-refractivity contribution is 5.76. The second-order valence-corrected chi connectivity index (χ2v) is 4.02. The molecule has 0 spiro atoms. The summed E-state index contributed by atoms with van der Waals surface area (Å²) in [7, 11) is 0. The van der Waals surface area contributed by atoms with Gasteiger partial charge >= 0.3 is 0 Å². The quantitative estimate of drug-likeness (QED) is 0.767. The summed E-state index contributed by atoms with van der Waals surface area (Å²) in [6.45, 7) is 1.69. The lowest BCUT2D eigenvalue weighted by Crippen LogP contribution is -2.34. The SMILES string of the molecule is Nc1ccc(=O)n(CC(=O)N2CCCC2)c1. The van der Waals surface area contributed by atoms with Crippen molar-refractivity contribution in [2.75, 3.05) is 18.8 Å². The fourth-order valence-electron chi connectivity index (χ4n) is 1.89. The van der Waals surface area contributed by atoms with Gasteiger partial charge in [0.05, 0.1) is 0 Å². The molecule has 0 atom stereocenters. The lowest BCUT2D eigenvalue weighted by atomic mass is 10.4. The van der Waals surface area contributed by atoms with Crippen LogP contribution in [0.3, 0.4) is 0 Å². The van der Waals surface area contributed by atoms with Crippen LogP contribution in [0.15, 0.2) is 23.1 Å². The van der Waals surface area contributed by atoms with Crippen molar-refractivity contribution in [2.45, 2.75) is 19.4 Å². The van der Waals surface area contributed by atoms with E-state index in [1.807, 2.05) is 0 Å². The Kier molecular flexibility index (Phi) is 2.94. The van der Waals surface area contributed by atoms with Crippen molar-refractivity contribution in [1.82, 2.24) is 9.47 Å². The number of likely N-dealkylation sites (tertiary alicyclic amines) is 1. The van der Waals surface area contributed by atoms with E-state index in [4.69, 9.17) is 5.73 Å². The molecule has 0 aromatic carbocycles. The number of rotatable bonds is 2. The summed E-state index contributed by atoms with van der Waals surface area (Å²) in [5, 5.41) is 0. The summed E-state index contributed by atoms with van der Waals surface area (Å²) < 4.78 is 1.36. The second kappa shape index (κ2) is 4.38. The molecule has 2 N–H and O–H groups in total. The molecular weight excluding hydrogens is 206 g/mol. The van der Waals surface area contributed by atoms with Gasteiger partial charge in [-0.05, 0) is 18.9 Å². The van der Waals surface area contributed by atoms with Crippen LogP contribution in [-0.4, -0.2) is 28.5 Å². The first-order valence-corrected chi connectivity index (χ1v) is 5.40. The average molecular weight is 221 g/mol. The molecule has 0 bridgehead atoms. The molecule has 0 radical (unpaired) electrons. The van der Waals surface area contributed by atoms with E-state index in [0.717, 1.165) is 25.9 Å². The molecule has 2 rings (SSSR count). The van der Waals surface area contributed by atoms with Gasteiger partial charge in [-0.15, -0.1) is 0 Å². The van der Waals surface area contributed by atoms with Gasteiger partial charge in [-0.25, -0.2) is 0 Å². The number of nitrogen functional groups attached to an aromatic ring is 1. The van der Waals surface area contributed by atoms with Crippen LogP contribution >= 0.6 is 0 Å². The predicted octanol–water partition coefficient (Wildman–Crippen LogP) is 0.0529. The van der Waals surface area contributed by atoms with Crippen LogP contribution in [0.25, 0.3) is 0 Å². The summed E-state index contributed by atoms with van der Waals surface area (Å²) in [6.07, 6.45) is 3.62. The normalized spacial score (nSPS) is 15.4. The Hall–Kier alpha value is -1.78. The zero-order valence-corrected chi connectivity index (χ0v) is 9.06. The Morgan fingerprint density at radius 3 is 2.69 bits per heavy atom. The summed E-state index contributed by atoms with van der Waals surface area (Å²) in [4.78, 5) is 25.0. The molecule has 0 aliphatic carbocycles. The number of carbonyl (C=O) groups excluding carboxylic acids is 1. The molecular formula is C11H15N3O2. The number of hydrogen-bond acceptors (Lipinski definition) is 3. The third-order valence-corrected chi connectivity index (χ3v) is 2.77. The Balaban J connectivity index is 2.11. The molecule has 1 aromatic rings. The molecule has 1 aromatic heterocycles. The minimum absolute atomic E-state index is 0.00907. The van der Waals surface area contributed by atoms with Gasteiger partial charge in [0.1, 0.15) is 6.54 Å². The minimum atomic E-state index is -0.193. The van der Waals surface area contributed by atoms with Crippen LogP contribution in [-0.2, 0) is 11.3 Å². The Morgan fingerprint density at radius 1 is 1.31 bits per heavy atom. The third kappa shape index (κ3) is 2.24. The van der Waals surface area contributed by atoms with E-state index < -0.39 is 0 Å². The van der Waals surface area contributed by atoms with Gasteiger partial charge in [0.15, 0.2) is 0 Å². The molecule has 16 heavy (non-hydrogen) atoms. The van der Waals surface area contributed by atoms with Crippen LogP contribution in [0.1, 0.15) is 12.8 Å². The standard InChI is InChI=1S/C11H15N3O2/c12-9-3-4-10(15)14(7-9)8-11(16)13-5-1-2-6-13/h3-4,7H,1-2,5-6,8,12H2. The lowest BCUT2D eigenvalue weighted by Gasteiger charge is -2.15. The molecule has 0 unspecified atom stereocenters. The molecule has 1 saturated heterocycles. The predicted molar refractivity (Wildman–Crippen MR) is 60.9 cm³/mol. The van der Waals surface area contributed by atoms with Gasteiger partial charge in [0, 0.05) is 31.0 Å². The van der Waals surface area contributed by atoms with Crippen molar-refractivity contribution in [3.63, 3.8) is 0 Å². The maximum Gasteiger partial charge on any atom is 0.251 e. The van der Waals surface area contributed by atoms with Crippen molar-refractivity contribution in [2.24, 2.45) is 0 Å². The van der Waals surface area contributed by atoms with Crippen LogP contribution < -0.4 is 11.3 Å². The van der Waals surface area contributed by atoms with E-state index in [2.05, 4.69) is 0 Å². The number of nitrogens with zero attached hydrogens (tertiary/aromatic N) is 2. The topological polar surface area (TPSA) is 68.3 Å². The fourth-order valence-corrected chi connectivity index (χ4v) is 1.89. The number of amides is 1. The molecule has 2 heterocycles.